The fourth-order valence-electron chi connectivity index (χ4n) is 2.36. The van der Waals surface area contributed by atoms with Crippen LogP contribution in [0.15, 0.2) is 67.3 Å². The molecule has 3 rings (SSSR count). The second kappa shape index (κ2) is 6.95. The molecule has 3 aromatic rings. The molecule has 0 aliphatic heterocycles. The highest BCUT2D eigenvalue weighted by Crippen LogP contribution is 2.16. The summed E-state index contributed by atoms with van der Waals surface area (Å²) in [5.74, 6) is -0.192. The van der Waals surface area contributed by atoms with Crippen molar-refractivity contribution in [1.29, 1.82) is 0 Å². The lowest BCUT2D eigenvalue weighted by molar-refractivity contribution is 0.432. The van der Waals surface area contributed by atoms with E-state index in [2.05, 4.69) is 27.5 Å². The molecule has 5 heteroatoms. The smallest absolute Gasteiger partial charge is 0.137 e. The van der Waals surface area contributed by atoms with E-state index in [-0.39, 0.29) is 11.9 Å². The Labute approximate surface area is 128 Å². The van der Waals surface area contributed by atoms with E-state index >= 15 is 0 Å². The van der Waals surface area contributed by atoms with Gasteiger partial charge in [0.05, 0.1) is 12.6 Å². The summed E-state index contributed by atoms with van der Waals surface area (Å²) in [6.07, 6.45) is 3.19. The van der Waals surface area contributed by atoms with Crippen molar-refractivity contribution in [2.75, 3.05) is 0 Å². The van der Waals surface area contributed by atoms with E-state index in [9.17, 15) is 4.39 Å². The molecular formula is C17H17FN4. The van der Waals surface area contributed by atoms with Crippen LogP contribution < -0.4 is 5.32 Å². The topological polar surface area (TPSA) is 42.7 Å². The van der Waals surface area contributed by atoms with Crippen molar-refractivity contribution in [3.05, 3.63) is 84.2 Å². The Morgan fingerprint density at radius 2 is 1.82 bits per heavy atom. The SMILES string of the molecule is Fc1ccccc1CN[C@@H](Cn1cncn1)c1ccccc1. The third kappa shape index (κ3) is 3.56. The van der Waals surface area contributed by atoms with Gasteiger partial charge in [-0.25, -0.2) is 9.37 Å². The zero-order valence-corrected chi connectivity index (χ0v) is 12.1. The van der Waals surface area contributed by atoms with Crippen LogP contribution in [0.4, 0.5) is 4.39 Å². The number of benzene rings is 2. The summed E-state index contributed by atoms with van der Waals surface area (Å²) in [7, 11) is 0. The van der Waals surface area contributed by atoms with E-state index in [0.29, 0.717) is 18.7 Å². The van der Waals surface area contributed by atoms with Gasteiger partial charge < -0.3 is 5.32 Å². The number of nitrogens with one attached hydrogen (secondary N) is 1. The zero-order chi connectivity index (χ0) is 15.2. The van der Waals surface area contributed by atoms with Gasteiger partial charge in [-0.3, -0.25) is 4.68 Å². The van der Waals surface area contributed by atoms with Crippen molar-refractivity contribution in [1.82, 2.24) is 20.1 Å². The fraction of sp³-hybridized carbons (Fsp3) is 0.176. The van der Waals surface area contributed by atoms with Gasteiger partial charge in [0, 0.05) is 12.1 Å². The highest BCUT2D eigenvalue weighted by molar-refractivity contribution is 5.20. The van der Waals surface area contributed by atoms with Crippen LogP contribution in [-0.4, -0.2) is 14.8 Å². The van der Waals surface area contributed by atoms with Gasteiger partial charge in [-0.15, -0.1) is 0 Å². The zero-order valence-electron chi connectivity index (χ0n) is 12.1. The van der Waals surface area contributed by atoms with Gasteiger partial charge in [0.2, 0.25) is 0 Å². The van der Waals surface area contributed by atoms with Crippen molar-refractivity contribution in [2.45, 2.75) is 19.1 Å². The predicted molar refractivity (Wildman–Crippen MR) is 82.4 cm³/mol. The Bertz CT molecular complexity index is 698. The first-order chi connectivity index (χ1) is 10.8. The molecule has 0 amide bonds. The van der Waals surface area contributed by atoms with E-state index in [1.807, 2.05) is 24.3 Å². The van der Waals surface area contributed by atoms with Crippen molar-refractivity contribution >= 4 is 0 Å². The minimum absolute atomic E-state index is 0.0301. The normalized spacial score (nSPS) is 12.2. The van der Waals surface area contributed by atoms with Gasteiger partial charge in [0.1, 0.15) is 18.5 Å². The summed E-state index contributed by atoms with van der Waals surface area (Å²) in [6.45, 7) is 1.10. The Balaban J connectivity index is 1.75. The van der Waals surface area contributed by atoms with Gasteiger partial charge in [-0.05, 0) is 11.6 Å². The fourth-order valence-corrected chi connectivity index (χ4v) is 2.36. The predicted octanol–water partition coefficient (Wildman–Crippen LogP) is 2.95. The minimum atomic E-state index is -0.192. The second-order valence-corrected chi connectivity index (χ2v) is 5.05. The van der Waals surface area contributed by atoms with E-state index in [1.54, 1.807) is 23.1 Å². The van der Waals surface area contributed by atoms with Crippen molar-refractivity contribution in [3.8, 4) is 0 Å². The van der Waals surface area contributed by atoms with Crippen LogP contribution in [0.3, 0.4) is 0 Å². The number of aromatic nitrogens is 3. The Morgan fingerprint density at radius 1 is 1.05 bits per heavy atom. The molecule has 0 spiro atoms. The van der Waals surface area contributed by atoms with Crippen molar-refractivity contribution in [3.63, 3.8) is 0 Å². The number of nitrogens with zero attached hydrogens (tertiary/aromatic N) is 3. The summed E-state index contributed by atoms with van der Waals surface area (Å²) in [6, 6.07) is 16.9. The lowest BCUT2D eigenvalue weighted by atomic mass is 10.1. The first-order valence-corrected chi connectivity index (χ1v) is 7.17. The minimum Gasteiger partial charge on any atom is -0.304 e. The molecular weight excluding hydrogens is 279 g/mol. The van der Waals surface area contributed by atoms with Gasteiger partial charge >= 0.3 is 0 Å². The monoisotopic (exact) mass is 296 g/mol. The third-order valence-corrected chi connectivity index (χ3v) is 3.53. The Hall–Kier alpha value is -2.53. The van der Waals surface area contributed by atoms with E-state index < -0.39 is 0 Å². The first kappa shape index (κ1) is 14.4. The van der Waals surface area contributed by atoms with Gasteiger partial charge in [0.15, 0.2) is 0 Å². The summed E-state index contributed by atoms with van der Waals surface area (Å²) in [5, 5.41) is 7.55. The summed E-state index contributed by atoms with van der Waals surface area (Å²) < 4.78 is 15.5. The lowest BCUT2D eigenvalue weighted by Crippen LogP contribution is -2.26. The largest absolute Gasteiger partial charge is 0.304 e. The molecule has 0 saturated carbocycles. The van der Waals surface area contributed by atoms with Crippen LogP contribution >= 0.6 is 0 Å². The maximum atomic E-state index is 13.8. The first-order valence-electron chi connectivity index (χ1n) is 7.17. The average Bonchev–Trinajstić information content (AvgIpc) is 3.07. The molecule has 0 radical (unpaired) electrons. The molecule has 0 bridgehead atoms. The second-order valence-electron chi connectivity index (χ2n) is 5.05. The van der Waals surface area contributed by atoms with Crippen molar-refractivity contribution < 1.29 is 4.39 Å². The Morgan fingerprint density at radius 3 is 2.55 bits per heavy atom. The highest BCUT2D eigenvalue weighted by atomic mass is 19.1. The van der Waals surface area contributed by atoms with Crippen LogP contribution in [0, 0.1) is 5.82 Å². The molecule has 0 aliphatic carbocycles. The molecule has 1 heterocycles. The van der Waals surface area contributed by atoms with Crippen molar-refractivity contribution in [2.24, 2.45) is 0 Å². The standard InChI is InChI=1S/C17H17FN4/c18-16-9-5-4-8-15(16)10-20-17(11-22-13-19-12-21-22)14-6-2-1-3-7-14/h1-9,12-13,17,20H,10-11H2/t17-/m0/s1. The van der Waals surface area contributed by atoms with Gasteiger partial charge in [-0.1, -0.05) is 48.5 Å². The van der Waals surface area contributed by atoms with Gasteiger partial charge in [-0.2, -0.15) is 5.10 Å². The highest BCUT2D eigenvalue weighted by Gasteiger charge is 2.13. The van der Waals surface area contributed by atoms with Crippen LogP contribution in [0.5, 0.6) is 0 Å². The lowest BCUT2D eigenvalue weighted by Gasteiger charge is -2.19. The van der Waals surface area contributed by atoms with Crippen LogP contribution in [0.2, 0.25) is 0 Å². The molecule has 1 aromatic heterocycles. The van der Waals surface area contributed by atoms with Crippen LogP contribution in [0.25, 0.3) is 0 Å². The number of rotatable bonds is 6. The molecule has 112 valence electrons. The molecule has 4 nitrogen and oxygen atoms in total. The maximum absolute atomic E-state index is 13.8. The number of hydrogen-bond donors (Lipinski definition) is 1. The molecule has 0 aliphatic rings. The third-order valence-electron chi connectivity index (χ3n) is 3.53. The van der Waals surface area contributed by atoms with E-state index in [1.165, 1.54) is 12.4 Å². The molecule has 1 atom stereocenters. The average molecular weight is 296 g/mol. The molecule has 1 N–H and O–H groups in total. The van der Waals surface area contributed by atoms with E-state index in [4.69, 9.17) is 0 Å². The molecule has 0 saturated heterocycles. The molecule has 0 fully saturated rings. The quantitative estimate of drug-likeness (QED) is 0.760. The maximum Gasteiger partial charge on any atom is 0.137 e. The number of halogens is 1. The Kier molecular flexibility index (Phi) is 4.56. The summed E-state index contributed by atoms with van der Waals surface area (Å²) in [5.41, 5.74) is 1.79. The van der Waals surface area contributed by atoms with Crippen LogP contribution in [0.1, 0.15) is 17.2 Å². The number of hydrogen-bond acceptors (Lipinski definition) is 3. The summed E-state index contributed by atoms with van der Waals surface area (Å²) in [4.78, 5) is 3.97. The molecule has 0 unspecified atom stereocenters. The molecule has 2 aromatic carbocycles. The van der Waals surface area contributed by atoms with Crippen LogP contribution in [-0.2, 0) is 13.1 Å². The van der Waals surface area contributed by atoms with Gasteiger partial charge in [0.25, 0.3) is 0 Å². The summed E-state index contributed by atoms with van der Waals surface area (Å²) >= 11 is 0. The van der Waals surface area contributed by atoms with E-state index in [0.717, 1.165) is 5.56 Å². The molecule has 22 heavy (non-hydrogen) atoms.